The van der Waals surface area contributed by atoms with Gasteiger partial charge in [0.1, 0.15) is 11.5 Å². The number of benzene rings is 2. The van der Waals surface area contributed by atoms with E-state index >= 15 is 0 Å². The molecule has 0 unspecified atom stereocenters. The second-order valence-corrected chi connectivity index (χ2v) is 9.09. The van der Waals surface area contributed by atoms with Gasteiger partial charge in [0.05, 0.1) is 12.4 Å². The number of rotatable bonds is 12. The summed E-state index contributed by atoms with van der Waals surface area (Å²) >= 11 is 6.62. The molecule has 2 aromatic carbocycles. The summed E-state index contributed by atoms with van der Waals surface area (Å²) in [4.78, 5) is 23.6. The third-order valence-corrected chi connectivity index (χ3v) is 5.56. The van der Waals surface area contributed by atoms with E-state index in [9.17, 15) is 19.8 Å². The Labute approximate surface area is 209 Å². The molecule has 33 heavy (non-hydrogen) atoms. The van der Waals surface area contributed by atoms with E-state index < -0.39 is 0 Å². The molecule has 0 atom stereocenters. The molecule has 2 aromatic rings. The van der Waals surface area contributed by atoms with Gasteiger partial charge >= 0.3 is 0 Å². The van der Waals surface area contributed by atoms with Gasteiger partial charge in [-0.15, -0.1) is 0 Å². The molecule has 0 aromatic heterocycles. The molecule has 0 saturated carbocycles. The highest BCUT2D eigenvalue weighted by Crippen LogP contribution is 2.20. The van der Waals surface area contributed by atoms with E-state index in [0.29, 0.717) is 24.0 Å². The van der Waals surface area contributed by atoms with Crippen molar-refractivity contribution in [3.63, 3.8) is 0 Å². The number of hydrazone groups is 2. The fourth-order valence-electron chi connectivity index (χ4n) is 2.82. The van der Waals surface area contributed by atoms with Crippen molar-refractivity contribution >= 4 is 56.1 Å². The van der Waals surface area contributed by atoms with Gasteiger partial charge in [-0.05, 0) is 49.2 Å². The molecule has 2 rings (SSSR count). The first-order valence-corrected chi connectivity index (χ1v) is 12.0. The molecule has 8 nitrogen and oxygen atoms in total. The lowest BCUT2D eigenvalue weighted by molar-refractivity contribution is -0.121. The quantitative estimate of drug-likeness (QED) is 0.161. The molecule has 0 aliphatic heterocycles. The number of carbonyl (C=O) groups is 2. The van der Waals surface area contributed by atoms with Gasteiger partial charge < -0.3 is 10.2 Å². The average molecular weight is 582 g/mol. The standard InChI is InChI=1S/C23H26Br2N4O4/c24-18-8-10-20(30)16(12-18)14-26-28-22(32)6-4-2-1-3-5-7-23(33)29-27-15-17-13-19(25)9-11-21(17)31/h8-15,30-31H,1-7H2,(H,28,32)(H,29,33)/b26-14-,27-15+. The van der Waals surface area contributed by atoms with Crippen LogP contribution in [0.15, 0.2) is 55.5 Å². The summed E-state index contributed by atoms with van der Waals surface area (Å²) < 4.78 is 1.61. The molecule has 0 aliphatic carbocycles. The van der Waals surface area contributed by atoms with Crippen LogP contribution < -0.4 is 10.9 Å². The lowest BCUT2D eigenvalue weighted by Crippen LogP contribution is -2.17. The van der Waals surface area contributed by atoms with E-state index in [0.717, 1.165) is 41.0 Å². The summed E-state index contributed by atoms with van der Waals surface area (Å²) in [6.45, 7) is 0. The maximum atomic E-state index is 11.8. The number of phenolic OH excluding ortho intramolecular Hbond substituents is 2. The summed E-state index contributed by atoms with van der Waals surface area (Å²) in [6.07, 6.45) is 7.66. The predicted molar refractivity (Wildman–Crippen MR) is 135 cm³/mol. The third kappa shape index (κ3) is 10.6. The summed E-state index contributed by atoms with van der Waals surface area (Å²) in [7, 11) is 0. The Morgan fingerprint density at radius 2 is 1.12 bits per heavy atom. The van der Waals surface area contributed by atoms with Crippen molar-refractivity contribution < 1.29 is 19.8 Å². The maximum absolute atomic E-state index is 11.8. The highest BCUT2D eigenvalue weighted by atomic mass is 79.9. The van der Waals surface area contributed by atoms with Crippen LogP contribution >= 0.6 is 31.9 Å². The van der Waals surface area contributed by atoms with Gasteiger partial charge in [0.2, 0.25) is 11.8 Å². The molecule has 0 spiro atoms. The number of nitrogens with zero attached hydrogens (tertiary/aromatic N) is 2. The number of halogens is 2. The van der Waals surface area contributed by atoms with Crippen LogP contribution in [0.1, 0.15) is 56.1 Å². The van der Waals surface area contributed by atoms with Crippen LogP contribution in [0.2, 0.25) is 0 Å². The average Bonchev–Trinajstić information content (AvgIpc) is 2.77. The van der Waals surface area contributed by atoms with Crippen molar-refractivity contribution in [1.82, 2.24) is 10.9 Å². The second kappa shape index (κ2) is 14.4. The molecule has 176 valence electrons. The largest absolute Gasteiger partial charge is 0.507 e. The SMILES string of the molecule is O=C(CCCCCCCC(=O)N/N=C/c1cc(Br)ccc1O)N/N=C\c1cc(Br)ccc1O. The van der Waals surface area contributed by atoms with Crippen LogP contribution in [0, 0.1) is 0 Å². The molecule has 10 heteroatoms. The molecule has 0 saturated heterocycles. The Morgan fingerprint density at radius 3 is 1.55 bits per heavy atom. The summed E-state index contributed by atoms with van der Waals surface area (Å²) in [5.41, 5.74) is 5.91. The zero-order chi connectivity index (χ0) is 24.1. The number of nitrogens with one attached hydrogen (secondary N) is 2. The number of hydrogen-bond donors (Lipinski definition) is 4. The molecular weight excluding hydrogens is 556 g/mol. The maximum Gasteiger partial charge on any atom is 0.240 e. The van der Waals surface area contributed by atoms with E-state index in [-0.39, 0.29) is 23.3 Å². The van der Waals surface area contributed by atoms with Crippen molar-refractivity contribution in [2.75, 3.05) is 0 Å². The van der Waals surface area contributed by atoms with Gasteiger partial charge in [-0.1, -0.05) is 51.1 Å². The first kappa shape index (κ1) is 26.5. The van der Waals surface area contributed by atoms with Gasteiger partial charge in [-0.2, -0.15) is 10.2 Å². The Balaban J connectivity index is 1.52. The van der Waals surface area contributed by atoms with Gasteiger partial charge in [-0.25, -0.2) is 10.9 Å². The van der Waals surface area contributed by atoms with Crippen LogP contribution in [-0.4, -0.2) is 34.5 Å². The summed E-state index contributed by atoms with van der Waals surface area (Å²) in [5, 5.41) is 27.2. The van der Waals surface area contributed by atoms with Crippen LogP contribution in [0.3, 0.4) is 0 Å². The van der Waals surface area contributed by atoms with Crippen molar-refractivity contribution in [2.45, 2.75) is 44.9 Å². The van der Waals surface area contributed by atoms with Gasteiger partial charge in [-0.3, -0.25) is 9.59 Å². The molecule has 0 aliphatic rings. The summed E-state index contributed by atoms with van der Waals surface area (Å²) in [5.74, 6) is -0.204. The zero-order valence-electron chi connectivity index (χ0n) is 17.9. The third-order valence-electron chi connectivity index (χ3n) is 4.57. The van der Waals surface area contributed by atoms with Crippen LogP contribution in [0.25, 0.3) is 0 Å². The number of unbranched alkanes of at least 4 members (excludes halogenated alkanes) is 4. The number of aromatic hydroxyl groups is 2. The minimum Gasteiger partial charge on any atom is -0.507 e. The Bertz CT molecular complexity index is 932. The van der Waals surface area contributed by atoms with Crippen LogP contribution in [0.4, 0.5) is 0 Å². The van der Waals surface area contributed by atoms with Crippen molar-refractivity contribution in [2.24, 2.45) is 10.2 Å². The monoisotopic (exact) mass is 580 g/mol. The molecule has 0 heterocycles. The van der Waals surface area contributed by atoms with Crippen molar-refractivity contribution in [3.8, 4) is 11.5 Å². The first-order valence-electron chi connectivity index (χ1n) is 10.5. The lowest BCUT2D eigenvalue weighted by atomic mass is 10.1. The molecule has 4 N–H and O–H groups in total. The number of amides is 2. The zero-order valence-corrected chi connectivity index (χ0v) is 21.1. The number of carbonyl (C=O) groups excluding carboxylic acids is 2. The fraction of sp³-hybridized carbons (Fsp3) is 0.304. The molecular formula is C23H26Br2N4O4. The number of hydrogen-bond acceptors (Lipinski definition) is 6. The smallest absolute Gasteiger partial charge is 0.240 e. The van der Waals surface area contributed by atoms with Gasteiger partial charge in [0.15, 0.2) is 0 Å². The minimum absolute atomic E-state index is 0.0837. The van der Waals surface area contributed by atoms with Crippen LogP contribution in [0.5, 0.6) is 11.5 Å². The van der Waals surface area contributed by atoms with Crippen molar-refractivity contribution in [3.05, 3.63) is 56.5 Å². The molecule has 0 fully saturated rings. The Morgan fingerprint density at radius 1 is 0.727 bits per heavy atom. The normalized spacial score (nSPS) is 11.2. The Kier molecular flexibility index (Phi) is 11.6. The van der Waals surface area contributed by atoms with Crippen LogP contribution in [-0.2, 0) is 9.59 Å². The highest BCUT2D eigenvalue weighted by molar-refractivity contribution is 9.10. The number of phenols is 2. The van der Waals surface area contributed by atoms with Gasteiger partial charge in [0.25, 0.3) is 0 Å². The Hall–Kier alpha value is -2.72. The predicted octanol–water partition coefficient (Wildman–Crippen LogP) is 4.95. The highest BCUT2D eigenvalue weighted by Gasteiger charge is 2.03. The van der Waals surface area contributed by atoms with E-state index in [2.05, 4.69) is 52.9 Å². The first-order chi connectivity index (χ1) is 15.8. The van der Waals surface area contributed by atoms with E-state index in [4.69, 9.17) is 0 Å². The molecule has 0 radical (unpaired) electrons. The minimum atomic E-state index is -0.186. The second-order valence-electron chi connectivity index (χ2n) is 7.26. The van der Waals surface area contributed by atoms with Gasteiger partial charge in [0, 0.05) is 32.9 Å². The fourth-order valence-corrected chi connectivity index (χ4v) is 3.58. The topological polar surface area (TPSA) is 123 Å². The van der Waals surface area contributed by atoms with E-state index in [1.165, 1.54) is 12.4 Å². The summed E-state index contributed by atoms with van der Waals surface area (Å²) in [6, 6.07) is 9.90. The van der Waals surface area contributed by atoms with Crippen molar-refractivity contribution in [1.29, 1.82) is 0 Å². The molecule has 0 bridgehead atoms. The van der Waals surface area contributed by atoms with E-state index in [1.807, 2.05) is 0 Å². The molecule has 2 amide bonds. The lowest BCUT2D eigenvalue weighted by Gasteiger charge is -2.03. The van der Waals surface area contributed by atoms with E-state index in [1.54, 1.807) is 36.4 Å².